The number of carboxylic acid groups (broad SMARTS) is 1. The number of carboxylic acids is 1. The predicted octanol–water partition coefficient (Wildman–Crippen LogP) is -0.284. The Labute approximate surface area is 69.9 Å². The van der Waals surface area contributed by atoms with E-state index >= 15 is 0 Å². The van der Waals surface area contributed by atoms with Crippen LogP contribution < -0.4 is 5.73 Å². The normalized spacial score (nSPS) is 15.4. The van der Waals surface area contributed by atoms with Crippen LogP contribution in [0.25, 0.3) is 0 Å². The molecular formula is C4H9CuNO2S+2. The van der Waals surface area contributed by atoms with Crippen molar-refractivity contribution in [3.63, 3.8) is 0 Å². The van der Waals surface area contributed by atoms with E-state index in [9.17, 15) is 4.79 Å². The molecule has 0 heterocycles. The minimum atomic E-state index is -1.18. The van der Waals surface area contributed by atoms with Crippen LogP contribution in [0.4, 0.5) is 0 Å². The maximum absolute atomic E-state index is 10.1. The van der Waals surface area contributed by atoms with Gasteiger partial charge in [0.25, 0.3) is 0 Å². The maximum atomic E-state index is 10.1. The number of hydrogen-bond acceptors (Lipinski definition) is 3. The van der Waals surface area contributed by atoms with Crippen molar-refractivity contribution in [2.24, 2.45) is 5.73 Å². The van der Waals surface area contributed by atoms with Crippen molar-refractivity contribution in [2.45, 2.75) is 12.5 Å². The molecule has 0 rings (SSSR count). The van der Waals surface area contributed by atoms with Crippen LogP contribution in [-0.2, 0) is 21.9 Å². The van der Waals surface area contributed by atoms with Crippen LogP contribution in [0, 0.1) is 0 Å². The molecule has 0 aliphatic rings. The Morgan fingerprint density at radius 2 is 2.22 bits per heavy atom. The van der Waals surface area contributed by atoms with Gasteiger partial charge in [-0.15, -0.1) is 0 Å². The SMILES string of the molecule is CC(N)(CS)C(=O)O.[Cu+2]. The molecule has 3 N–H and O–H groups in total. The Bertz CT molecular complexity index is 107. The zero-order valence-corrected chi connectivity index (χ0v) is 6.72. The summed E-state index contributed by atoms with van der Waals surface area (Å²) in [6.07, 6.45) is 0. The molecule has 5 heteroatoms. The van der Waals surface area contributed by atoms with Crippen molar-refractivity contribution in [1.29, 1.82) is 0 Å². The summed E-state index contributed by atoms with van der Waals surface area (Å²) in [5.41, 5.74) is 4.01. The monoisotopic (exact) mass is 198 g/mol. The van der Waals surface area contributed by atoms with E-state index < -0.39 is 11.5 Å². The quantitative estimate of drug-likeness (QED) is 0.423. The van der Waals surface area contributed by atoms with Gasteiger partial charge >= 0.3 is 23.0 Å². The molecule has 0 saturated carbocycles. The molecule has 0 aromatic carbocycles. The molecule has 3 nitrogen and oxygen atoms in total. The first-order chi connectivity index (χ1) is 3.50. The first-order valence-corrected chi connectivity index (χ1v) is 2.77. The fraction of sp³-hybridized carbons (Fsp3) is 0.750. The molecule has 0 aliphatic heterocycles. The number of thiol groups is 1. The van der Waals surface area contributed by atoms with Crippen molar-refractivity contribution in [1.82, 2.24) is 0 Å². The molecule has 0 fully saturated rings. The van der Waals surface area contributed by atoms with Gasteiger partial charge in [-0.2, -0.15) is 12.6 Å². The van der Waals surface area contributed by atoms with Gasteiger partial charge in [0, 0.05) is 5.75 Å². The van der Waals surface area contributed by atoms with Crippen molar-refractivity contribution in [3.05, 3.63) is 0 Å². The third-order valence-electron chi connectivity index (χ3n) is 0.817. The van der Waals surface area contributed by atoms with Gasteiger partial charge in [-0.3, -0.25) is 4.79 Å². The van der Waals surface area contributed by atoms with Gasteiger partial charge in [-0.05, 0) is 6.92 Å². The molecule has 1 radical (unpaired) electrons. The van der Waals surface area contributed by atoms with Crippen LogP contribution in [0.5, 0.6) is 0 Å². The first-order valence-electron chi connectivity index (χ1n) is 2.14. The Morgan fingerprint density at radius 3 is 2.22 bits per heavy atom. The van der Waals surface area contributed by atoms with E-state index in [-0.39, 0.29) is 22.8 Å². The maximum Gasteiger partial charge on any atom is 2.00 e. The van der Waals surface area contributed by atoms with Crippen LogP contribution >= 0.6 is 12.6 Å². The average molecular weight is 199 g/mol. The average Bonchev–Trinajstić information content (AvgIpc) is 1.67. The smallest absolute Gasteiger partial charge is 0.480 e. The topological polar surface area (TPSA) is 63.3 Å². The summed E-state index contributed by atoms with van der Waals surface area (Å²) < 4.78 is 0. The Kier molecular flexibility index (Phi) is 5.57. The minimum Gasteiger partial charge on any atom is -0.480 e. The molecule has 57 valence electrons. The van der Waals surface area contributed by atoms with E-state index in [0.29, 0.717) is 0 Å². The van der Waals surface area contributed by atoms with Gasteiger partial charge < -0.3 is 10.8 Å². The summed E-state index contributed by atoms with van der Waals surface area (Å²) in [4.78, 5) is 10.1. The molecule has 1 atom stereocenters. The molecule has 0 aromatic heterocycles. The molecule has 1 unspecified atom stereocenters. The largest absolute Gasteiger partial charge is 2.00 e. The molecule has 0 bridgehead atoms. The van der Waals surface area contributed by atoms with Crippen LogP contribution in [0.2, 0.25) is 0 Å². The summed E-state index contributed by atoms with van der Waals surface area (Å²) in [6, 6.07) is 0. The molecule has 0 aromatic rings. The molecular weight excluding hydrogens is 190 g/mol. The third-order valence-corrected chi connectivity index (χ3v) is 1.47. The third kappa shape index (κ3) is 3.81. The summed E-state index contributed by atoms with van der Waals surface area (Å²) in [7, 11) is 0. The summed E-state index contributed by atoms with van der Waals surface area (Å²) >= 11 is 3.73. The van der Waals surface area contributed by atoms with E-state index in [4.69, 9.17) is 10.8 Å². The van der Waals surface area contributed by atoms with Crippen molar-refractivity contribution >= 4 is 18.6 Å². The van der Waals surface area contributed by atoms with Gasteiger partial charge in [0.15, 0.2) is 0 Å². The van der Waals surface area contributed by atoms with Gasteiger partial charge in [-0.1, -0.05) is 0 Å². The second kappa shape index (κ2) is 4.17. The van der Waals surface area contributed by atoms with Crippen LogP contribution in [0.3, 0.4) is 0 Å². The molecule has 0 aliphatic carbocycles. The first kappa shape index (κ1) is 12.0. The number of aliphatic carboxylic acids is 1. The number of carbonyl (C=O) groups is 1. The van der Waals surface area contributed by atoms with E-state index in [0.717, 1.165) is 0 Å². The van der Waals surface area contributed by atoms with E-state index in [1.807, 2.05) is 0 Å². The Morgan fingerprint density at radius 1 is 1.89 bits per heavy atom. The van der Waals surface area contributed by atoms with Crippen molar-refractivity contribution in [2.75, 3.05) is 5.75 Å². The summed E-state index contributed by atoms with van der Waals surface area (Å²) in [6.45, 7) is 1.42. The van der Waals surface area contributed by atoms with Crippen molar-refractivity contribution in [3.8, 4) is 0 Å². The van der Waals surface area contributed by atoms with Gasteiger partial charge in [-0.25, -0.2) is 0 Å². The van der Waals surface area contributed by atoms with E-state index in [2.05, 4.69) is 12.6 Å². The second-order valence-corrected chi connectivity index (χ2v) is 2.20. The van der Waals surface area contributed by atoms with Crippen LogP contribution in [0.1, 0.15) is 6.92 Å². The van der Waals surface area contributed by atoms with Crippen molar-refractivity contribution < 1.29 is 27.0 Å². The fourth-order valence-corrected chi connectivity index (χ4v) is 0.203. The fourth-order valence-electron chi connectivity index (χ4n) is 0.0676. The number of hydrogen-bond donors (Lipinski definition) is 3. The second-order valence-electron chi connectivity index (χ2n) is 1.88. The van der Waals surface area contributed by atoms with E-state index in [1.54, 1.807) is 0 Å². The zero-order chi connectivity index (χ0) is 6.78. The molecule has 0 amide bonds. The summed E-state index contributed by atoms with van der Waals surface area (Å²) in [5, 5.41) is 8.27. The number of nitrogens with two attached hydrogens (primary N) is 1. The van der Waals surface area contributed by atoms with Gasteiger partial charge in [0.05, 0.1) is 0 Å². The van der Waals surface area contributed by atoms with Gasteiger partial charge in [0.1, 0.15) is 5.54 Å². The molecule has 9 heavy (non-hydrogen) atoms. The number of rotatable bonds is 2. The minimum absolute atomic E-state index is 0. The van der Waals surface area contributed by atoms with Crippen LogP contribution in [0.15, 0.2) is 0 Å². The Hall–Kier alpha value is 0.299. The molecule has 0 spiro atoms. The zero-order valence-electron chi connectivity index (χ0n) is 4.89. The Balaban J connectivity index is 0. The van der Waals surface area contributed by atoms with E-state index in [1.165, 1.54) is 6.92 Å². The predicted molar refractivity (Wildman–Crippen MR) is 34.1 cm³/mol. The summed E-state index contributed by atoms with van der Waals surface area (Å²) in [5.74, 6) is -0.866. The standard InChI is InChI=1S/C4H9NO2S.Cu/c1-4(5,2-8)3(6)7;/h8H,2,5H2,1H3,(H,6,7);/q;+2. The molecule has 0 saturated heterocycles. The van der Waals surface area contributed by atoms with Gasteiger partial charge in [0.2, 0.25) is 0 Å². The van der Waals surface area contributed by atoms with Crippen LogP contribution in [-0.4, -0.2) is 22.4 Å².